The highest BCUT2D eigenvalue weighted by atomic mass is 16.5. The molecule has 0 atom stereocenters. The van der Waals surface area contributed by atoms with Crippen LogP contribution in [0.25, 0.3) is 0 Å². The van der Waals surface area contributed by atoms with Crippen molar-refractivity contribution in [2.24, 2.45) is 0 Å². The SMILES string of the molecule is CCCCC/C=C/C=C=CCCCOC(C)=O. The van der Waals surface area contributed by atoms with Crippen molar-refractivity contribution >= 4 is 5.97 Å². The van der Waals surface area contributed by atoms with Gasteiger partial charge in [0.2, 0.25) is 0 Å². The predicted octanol–water partition coefficient (Wildman–Crippen LogP) is 4.18. The third-order valence-corrected chi connectivity index (χ3v) is 2.22. The van der Waals surface area contributed by atoms with Crippen LogP contribution in [0.1, 0.15) is 52.4 Å². The minimum atomic E-state index is -0.209. The maximum absolute atomic E-state index is 10.5. The Balaban J connectivity index is 3.40. The fourth-order valence-electron chi connectivity index (χ4n) is 1.28. The quantitative estimate of drug-likeness (QED) is 0.260. The molecular weight excluding hydrogens is 212 g/mol. The largest absolute Gasteiger partial charge is 0.466 e. The lowest BCUT2D eigenvalue weighted by Crippen LogP contribution is -1.99. The topological polar surface area (TPSA) is 26.3 Å². The molecule has 0 aliphatic rings. The summed E-state index contributed by atoms with van der Waals surface area (Å²) >= 11 is 0. The van der Waals surface area contributed by atoms with E-state index in [4.69, 9.17) is 4.74 Å². The predicted molar refractivity (Wildman–Crippen MR) is 71.8 cm³/mol. The molecule has 96 valence electrons. The van der Waals surface area contributed by atoms with Crippen LogP contribution in [0.2, 0.25) is 0 Å². The zero-order valence-electron chi connectivity index (χ0n) is 11.1. The summed E-state index contributed by atoms with van der Waals surface area (Å²) in [6.45, 7) is 4.14. The normalized spacial score (nSPS) is 10.0. The number of allylic oxidation sites excluding steroid dienone is 3. The van der Waals surface area contributed by atoms with E-state index >= 15 is 0 Å². The summed E-state index contributed by atoms with van der Waals surface area (Å²) in [5.41, 5.74) is 3.09. The molecule has 0 aromatic carbocycles. The third kappa shape index (κ3) is 14.7. The molecule has 0 heterocycles. The number of hydrogen-bond acceptors (Lipinski definition) is 2. The first-order valence-electron chi connectivity index (χ1n) is 6.46. The first-order valence-corrected chi connectivity index (χ1v) is 6.46. The number of hydrogen-bond donors (Lipinski definition) is 0. The Bertz CT molecular complexity index is 271. The Morgan fingerprint density at radius 1 is 1.24 bits per heavy atom. The average Bonchev–Trinajstić information content (AvgIpc) is 2.30. The van der Waals surface area contributed by atoms with Gasteiger partial charge in [0.1, 0.15) is 0 Å². The smallest absolute Gasteiger partial charge is 0.302 e. The summed E-state index contributed by atoms with van der Waals surface area (Å²) < 4.78 is 4.81. The third-order valence-electron chi connectivity index (χ3n) is 2.22. The second-order valence-electron chi connectivity index (χ2n) is 3.94. The summed E-state index contributed by atoms with van der Waals surface area (Å²) in [5, 5.41) is 0. The molecule has 0 amide bonds. The van der Waals surface area contributed by atoms with Crippen molar-refractivity contribution in [2.45, 2.75) is 52.4 Å². The number of unbranched alkanes of at least 4 members (excludes halogenated alkanes) is 4. The van der Waals surface area contributed by atoms with Crippen LogP contribution in [-0.4, -0.2) is 12.6 Å². The molecule has 2 nitrogen and oxygen atoms in total. The van der Waals surface area contributed by atoms with E-state index < -0.39 is 0 Å². The van der Waals surface area contributed by atoms with Crippen LogP contribution >= 0.6 is 0 Å². The van der Waals surface area contributed by atoms with Crippen LogP contribution in [0, 0.1) is 0 Å². The van der Waals surface area contributed by atoms with Crippen molar-refractivity contribution < 1.29 is 9.53 Å². The summed E-state index contributed by atoms with van der Waals surface area (Å²) in [4.78, 5) is 10.5. The minimum Gasteiger partial charge on any atom is -0.466 e. The van der Waals surface area contributed by atoms with Crippen LogP contribution in [0.3, 0.4) is 0 Å². The average molecular weight is 236 g/mol. The highest BCUT2D eigenvalue weighted by Crippen LogP contribution is 1.99. The molecule has 0 aromatic rings. The van der Waals surface area contributed by atoms with E-state index in [0.29, 0.717) is 6.61 Å². The Hall–Kier alpha value is -1.27. The molecule has 0 saturated heterocycles. The van der Waals surface area contributed by atoms with Gasteiger partial charge in [-0.3, -0.25) is 4.79 Å². The van der Waals surface area contributed by atoms with E-state index in [9.17, 15) is 4.79 Å². The van der Waals surface area contributed by atoms with E-state index in [1.165, 1.54) is 26.2 Å². The second-order valence-corrected chi connectivity index (χ2v) is 3.94. The van der Waals surface area contributed by atoms with Gasteiger partial charge >= 0.3 is 5.97 Å². The van der Waals surface area contributed by atoms with Gasteiger partial charge in [0.25, 0.3) is 0 Å². The lowest BCUT2D eigenvalue weighted by atomic mass is 10.2. The number of esters is 1. The van der Waals surface area contributed by atoms with Crippen molar-refractivity contribution in [3.63, 3.8) is 0 Å². The molecule has 0 N–H and O–H groups in total. The van der Waals surface area contributed by atoms with Crippen LogP contribution in [0.4, 0.5) is 0 Å². The van der Waals surface area contributed by atoms with Gasteiger partial charge in [0, 0.05) is 6.92 Å². The van der Waals surface area contributed by atoms with Gasteiger partial charge in [-0.1, -0.05) is 31.9 Å². The Labute approximate surface area is 105 Å². The van der Waals surface area contributed by atoms with E-state index in [1.807, 2.05) is 18.2 Å². The van der Waals surface area contributed by atoms with Gasteiger partial charge in [-0.2, -0.15) is 0 Å². The van der Waals surface area contributed by atoms with E-state index in [2.05, 4.69) is 18.7 Å². The molecule has 0 aromatic heterocycles. The van der Waals surface area contributed by atoms with Gasteiger partial charge in [-0.05, 0) is 37.8 Å². The molecule has 0 bridgehead atoms. The molecule has 0 saturated carbocycles. The number of ether oxygens (including phenoxy) is 1. The van der Waals surface area contributed by atoms with Crippen LogP contribution < -0.4 is 0 Å². The lowest BCUT2D eigenvalue weighted by Gasteiger charge is -1.97. The molecule has 0 radical (unpaired) electrons. The van der Waals surface area contributed by atoms with Gasteiger partial charge in [-0.15, -0.1) is 5.73 Å². The summed E-state index contributed by atoms with van der Waals surface area (Å²) in [5.74, 6) is -0.209. The monoisotopic (exact) mass is 236 g/mol. The van der Waals surface area contributed by atoms with E-state index in [-0.39, 0.29) is 5.97 Å². The second kappa shape index (κ2) is 12.8. The number of carbonyl (C=O) groups is 1. The molecule has 0 rings (SSSR count). The molecular formula is C15H24O2. The van der Waals surface area contributed by atoms with E-state index in [1.54, 1.807) is 0 Å². The van der Waals surface area contributed by atoms with Gasteiger partial charge < -0.3 is 4.74 Å². The van der Waals surface area contributed by atoms with Crippen LogP contribution in [0.15, 0.2) is 30.0 Å². The fourth-order valence-corrected chi connectivity index (χ4v) is 1.28. The number of rotatable bonds is 9. The van der Waals surface area contributed by atoms with Gasteiger partial charge in [-0.25, -0.2) is 0 Å². The summed E-state index contributed by atoms with van der Waals surface area (Å²) in [7, 11) is 0. The maximum atomic E-state index is 10.5. The van der Waals surface area contributed by atoms with Crippen molar-refractivity contribution in [1.29, 1.82) is 0 Å². The van der Waals surface area contributed by atoms with Crippen molar-refractivity contribution in [3.8, 4) is 0 Å². The van der Waals surface area contributed by atoms with Crippen LogP contribution in [0.5, 0.6) is 0 Å². The molecule has 0 aliphatic carbocycles. The molecule has 0 spiro atoms. The van der Waals surface area contributed by atoms with E-state index in [0.717, 1.165) is 19.3 Å². The maximum Gasteiger partial charge on any atom is 0.302 e. The van der Waals surface area contributed by atoms with Crippen molar-refractivity contribution in [2.75, 3.05) is 6.61 Å². The summed E-state index contributed by atoms with van der Waals surface area (Å²) in [6.07, 6.45) is 14.9. The first kappa shape index (κ1) is 15.7. The molecule has 2 heteroatoms. The van der Waals surface area contributed by atoms with Crippen LogP contribution in [-0.2, 0) is 9.53 Å². The Morgan fingerprint density at radius 2 is 2.06 bits per heavy atom. The lowest BCUT2D eigenvalue weighted by molar-refractivity contribution is -0.141. The zero-order valence-corrected chi connectivity index (χ0v) is 11.1. The molecule has 0 unspecified atom stereocenters. The highest BCUT2D eigenvalue weighted by molar-refractivity contribution is 5.65. The highest BCUT2D eigenvalue weighted by Gasteiger charge is 1.89. The first-order chi connectivity index (χ1) is 8.27. The van der Waals surface area contributed by atoms with Crippen molar-refractivity contribution in [3.05, 3.63) is 30.0 Å². The number of carbonyl (C=O) groups excluding carboxylic acids is 1. The van der Waals surface area contributed by atoms with Gasteiger partial charge in [0.15, 0.2) is 0 Å². The minimum absolute atomic E-state index is 0.209. The van der Waals surface area contributed by atoms with Crippen molar-refractivity contribution in [1.82, 2.24) is 0 Å². The van der Waals surface area contributed by atoms with Gasteiger partial charge in [0.05, 0.1) is 6.61 Å². The zero-order chi connectivity index (χ0) is 12.8. The fraction of sp³-hybridized carbons (Fsp3) is 0.600. The Kier molecular flexibility index (Phi) is 11.8. The Morgan fingerprint density at radius 3 is 2.76 bits per heavy atom. The standard InChI is InChI=1S/C15H24O2/c1-3-4-5-6-7-8-9-10-11-12-13-14-17-15(2)16/h7-9,11H,3-6,12-14H2,1-2H3/b8-7+. The molecule has 0 aliphatic heterocycles. The molecule has 17 heavy (non-hydrogen) atoms. The molecule has 0 fully saturated rings. The summed E-state index contributed by atoms with van der Waals surface area (Å²) in [6, 6.07) is 0.